The molecule has 0 spiro atoms. The topological polar surface area (TPSA) is 42.2 Å². The van der Waals surface area contributed by atoms with Crippen LogP contribution in [0.25, 0.3) is 0 Å². The van der Waals surface area contributed by atoms with Gasteiger partial charge in [0.2, 0.25) is 0 Å². The van der Waals surface area contributed by atoms with Gasteiger partial charge < -0.3 is 9.73 Å². The molecule has 1 aromatic heterocycles. The van der Waals surface area contributed by atoms with Gasteiger partial charge in [0, 0.05) is 11.4 Å². The van der Waals surface area contributed by atoms with Gasteiger partial charge in [-0.1, -0.05) is 22.4 Å². The second-order valence-electron chi connectivity index (χ2n) is 3.90. The van der Waals surface area contributed by atoms with E-state index < -0.39 is 0 Å². The first-order chi connectivity index (χ1) is 7.31. The van der Waals surface area contributed by atoms with Gasteiger partial charge in [-0.15, -0.1) is 0 Å². The highest BCUT2D eigenvalue weighted by atomic mass is 79.9. The summed E-state index contributed by atoms with van der Waals surface area (Å²) in [5.74, 6) is 0.858. The fourth-order valence-electron chi connectivity index (χ4n) is 2.06. The summed E-state index contributed by atoms with van der Waals surface area (Å²) in [5.41, 5.74) is 0. The molecular weight excluding hydrogens is 258 g/mol. The predicted molar refractivity (Wildman–Crippen MR) is 61.1 cm³/mol. The number of carbonyl (C=O) groups is 1. The quantitative estimate of drug-likeness (QED) is 0.859. The Bertz CT molecular complexity index is 323. The van der Waals surface area contributed by atoms with E-state index in [1.54, 1.807) is 12.1 Å². The summed E-state index contributed by atoms with van der Waals surface area (Å²) in [6.07, 6.45) is 4.97. The van der Waals surface area contributed by atoms with Crippen molar-refractivity contribution in [1.29, 1.82) is 0 Å². The van der Waals surface area contributed by atoms with Crippen molar-refractivity contribution in [3.05, 3.63) is 24.2 Å². The Labute approximate surface area is 97.4 Å². The number of carbonyl (C=O) groups excluding carboxylic acids is 1. The lowest BCUT2D eigenvalue weighted by Gasteiger charge is -2.18. The number of hydrogen-bond acceptors (Lipinski definition) is 2. The zero-order valence-electron chi connectivity index (χ0n) is 8.41. The Hall–Kier alpha value is -0.770. The van der Waals surface area contributed by atoms with Crippen molar-refractivity contribution in [1.82, 2.24) is 5.32 Å². The van der Waals surface area contributed by atoms with Crippen LogP contribution in [0.2, 0.25) is 0 Å². The summed E-state index contributed by atoms with van der Waals surface area (Å²) in [4.78, 5) is 11.7. The Kier molecular flexibility index (Phi) is 3.46. The van der Waals surface area contributed by atoms with Crippen LogP contribution in [-0.2, 0) is 0 Å². The average Bonchev–Trinajstić information content (AvgIpc) is 2.87. The first-order valence-corrected chi connectivity index (χ1v) is 6.33. The molecule has 0 aliphatic heterocycles. The van der Waals surface area contributed by atoms with Gasteiger partial charge in [0.15, 0.2) is 5.76 Å². The lowest BCUT2D eigenvalue weighted by atomic mass is 10.1. The Morgan fingerprint density at radius 3 is 3.13 bits per heavy atom. The van der Waals surface area contributed by atoms with Crippen molar-refractivity contribution < 1.29 is 9.21 Å². The van der Waals surface area contributed by atoms with Crippen LogP contribution in [0.15, 0.2) is 22.8 Å². The molecule has 1 amide bonds. The molecule has 1 aliphatic carbocycles. The summed E-state index contributed by atoms with van der Waals surface area (Å²) in [5, 5.41) is 3.97. The van der Waals surface area contributed by atoms with E-state index in [9.17, 15) is 4.79 Å². The summed E-state index contributed by atoms with van der Waals surface area (Å²) in [6.45, 7) is 0. The van der Waals surface area contributed by atoms with Crippen LogP contribution in [0, 0.1) is 5.92 Å². The number of alkyl halides is 1. The fraction of sp³-hybridized carbons (Fsp3) is 0.545. The van der Waals surface area contributed by atoms with E-state index in [-0.39, 0.29) is 5.91 Å². The smallest absolute Gasteiger partial charge is 0.287 e. The molecule has 1 saturated carbocycles. The van der Waals surface area contributed by atoms with Gasteiger partial charge in [-0.25, -0.2) is 0 Å². The molecule has 0 aromatic carbocycles. The highest BCUT2D eigenvalue weighted by Gasteiger charge is 2.28. The molecule has 1 fully saturated rings. The Morgan fingerprint density at radius 2 is 2.47 bits per heavy atom. The van der Waals surface area contributed by atoms with Crippen LogP contribution in [0.1, 0.15) is 29.8 Å². The fourth-order valence-corrected chi connectivity index (χ4v) is 2.83. The molecule has 2 unspecified atom stereocenters. The minimum atomic E-state index is -0.0992. The zero-order valence-corrected chi connectivity index (χ0v) is 10.00. The maximum Gasteiger partial charge on any atom is 0.287 e. The predicted octanol–water partition coefficient (Wildman–Crippen LogP) is 2.57. The molecule has 0 saturated heterocycles. The van der Waals surface area contributed by atoms with Crippen LogP contribution in [-0.4, -0.2) is 17.3 Å². The number of furan rings is 1. The van der Waals surface area contributed by atoms with Crippen molar-refractivity contribution >= 4 is 21.8 Å². The molecule has 0 bridgehead atoms. The van der Waals surface area contributed by atoms with Gasteiger partial charge in [0.05, 0.1) is 6.26 Å². The van der Waals surface area contributed by atoms with Crippen LogP contribution < -0.4 is 5.32 Å². The van der Waals surface area contributed by atoms with E-state index in [1.807, 2.05) is 0 Å². The van der Waals surface area contributed by atoms with Gasteiger partial charge in [-0.05, 0) is 30.9 Å². The molecule has 1 aliphatic rings. The third-order valence-corrected chi connectivity index (χ3v) is 3.75. The van der Waals surface area contributed by atoms with Gasteiger partial charge >= 0.3 is 0 Å². The largest absolute Gasteiger partial charge is 0.459 e. The average molecular weight is 272 g/mol. The Morgan fingerprint density at radius 1 is 1.60 bits per heavy atom. The number of rotatable bonds is 3. The number of hydrogen-bond donors (Lipinski definition) is 1. The molecule has 0 radical (unpaired) electrons. The minimum Gasteiger partial charge on any atom is -0.459 e. The molecule has 1 N–H and O–H groups in total. The van der Waals surface area contributed by atoms with Crippen molar-refractivity contribution in [3.63, 3.8) is 0 Å². The van der Waals surface area contributed by atoms with E-state index in [1.165, 1.54) is 19.1 Å². The summed E-state index contributed by atoms with van der Waals surface area (Å²) in [7, 11) is 0. The number of amides is 1. The molecular formula is C11H14BrNO2. The second-order valence-corrected chi connectivity index (χ2v) is 4.55. The van der Waals surface area contributed by atoms with Crippen LogP contribution >= 0.6 is 15.9 Å². The first-order valence-electron chi connectivity index (χ1n) is 5.21. The maximum absolute atomic E-state index is 11.7. The zero-order chi connectivity index (χ0) is 10.7. The SMILES string of the molecule is O=C(NC1CCCC1CBr)c1ccco1. The van der Waals surface area contributed by atoms with Crippen LogP contribution in [0.3, 0.4) is 0 Å². The third-order valence-electron chi connectivity index (χ3n) is 2.92. The number of nitrogens with one attached hydrogen (secondary N) is 1. The van der Waals surface area contributed by atoms with Gasteiger partial charge in [0.1, 0.15) is 0 Å². The standard InChI is InChI=1S/C11H14BrNO2/c12-7-8-3-1-4-9(8)13-11(14)10-5-2-6-15-10/h2,5-6,8-9H,1,3-4,7H2,(H,13,14). The minimum absolute atomic E-state index is 0.0992. The summed E-state index contributed by atoms with van der Waals surface area (Å²) >= 11 is 3.48. The molecule has 82 valence electrons. The molecule has 1 heterocycles. The highest BCUT2D eigenvalue weighted by Crippen LogP contribution is 2.27. The van der Waals surface area contributed by atoms with E-state index in [0.717, 1.165) is 11.8 Å². The summed E-state index contributed by atoms with van der Waals surface area (Å²) < 4.78 is 5.05. The maximum atomic E-state index is 11.7. The molecule has 15 heavy (non-hydrogen) atoms. The van der Waals surface area contributed by atoms with Crippen molar-refractivity contribution in [2.75, 3.05) is 5.33 Å². The van der Waals surface area contributed by atoms with E-state index in [4.69, 9.17) is 4.42 Å². The third kappa shape index (κ3) is 2.43. The number of halogens is 1. The van der Waals surface area contributed by atoms with Crippen molar-refractivity contribution in [3.8, 4) is 0 Å². The molecule has 3 nitrogen and oxygen atoms in total. The molecule has 4 heteroatoms. The monoisotopic (exact) mass is 271 g/mol. The van der Waals surface area contributed by atoms with Crippen LogP contribution in [0.5, 0.6) is 0 Å². The van der Waals surface area contributed by atoms with E-state index in [0.29, 0.717) is 17.7 Å². The van der Waals surface area contributed by atoms with Gasteiger partial charge in [-0.2, -0.15) is 0 Å². The second kappa shape index (κ2) is 4.84. The van der Waals surface area contributed by atoms with Crippen molar-refractivity contribution in [2.24, 2.45) is 5.92 Å². The normalized spacial score (nSPS) is 25.4. The Balaban J connectivity index is 1.94. The van der Waals surface area contributed by atoms with Crippen molar-refractivity contribution in [2.45, 2.75) is 25.3 Å². The lowest BCUT2D eigenvalue weighted by molar-refractivity contribution is 0.0902. The van der Waals surface area contributed by atoms with Gasteiger partial charge in [-0.3, -0.25) is 4.79 Å². The van der Waals surface area contributed by atoms with E-state index in [2.05, 4.69) is 21.2 Å². The highest BCUT2D eigenvalue weighted by molar-refractivity contribution is 9.09. The lowest BCUT2D eigenvalue weighted by Crippen LogP contribution is -2.37. The molecule has 2 atom stereocenters. The first kappa shape index (κ1) is 10.7. The van der Waals surface area contributed by atoms with E-state index >= 15 is 0 Å². The van der Waals surface area contributed by atoms with Gasteiger partial charge in [0.25, 0.3) is 5.91 Å². The summed E-state index contributed by atoms with van der Waals surface area (Å²) in [6, 6.07) is 3.71. The molecule has 1 aromatic rings. The van der Waals surface area contributed by atoms with Crippen LogP contribution in [0.4, 0.5) is 0 Å². The molecule has 2 rings (SSSR count).